The number of hydrogen-bond donors (Lipinski definition) is 0. The second-order valence-electron chi connectivity index (χ2n) is 6.99. The summed E-state index contributed by atoms with van der Waals surface area (Å²) in [5.41, 5.74) is 1.68. The second-order valence-corrected chi connectivity index (χ2v) is 8.85. The van der Waals surface area contributed by atoms with Gasteiger partial charge >= 0.3 is 0 Å². The van der Waals surface area contributed by atoms with Crippen LogP contribution in [0.5, 0.6) is 11.5 Å². The van der Waals surface area contributed by atoms with Gasteiger partial charge in [0.1, 0.15) is 0 Å². The Kier molecular flexibility index (Phi) is 6.29. The van der Waals surface area contributed by atoms with Crippen LogP contribution in [-0.2, 0) is 10.5 Å². The van der Waals surface area contributed by atoms with Crippen molar-refractivity contribution in [2.45, 2.75) is 24.6 Å². The number of thioether (sulfide) groups is 1. The number of hydrogen-bond acceptors (Lipinski definition) is 7. The van der Waals surface area contributed by atoms with Crippen molar-refractivity contribution in [3.8, 4) is 11.5 Å². The number of likely N-dealkylation sites (tertiary alicyclic amines) is 1. The number of fused-ring (bicyclic) bond motifs is 1. The SMILES string of the molecule is COc1ccc(C2CCCN2C(=O)CSCc2cc(=O)n3ccsc3n2)cc1OC. The number of nitrogens with zero attached hydrogens (tertiary/aromatic N) is 3. The highest BCUT2D eigenvalue weighted by Gasteiger charge is 2.30. The Labute approximate surface area is 182 Å². The van der Waals surface area contributed by atoms with Crippen molar-refractivity contribution >= 4 is 34.0 Å². The Morgan fingerprint density at radius 3 is 2.90 bits per heavy atom. The van der Waals surface area contributed by atoms with Crippen molar-refractivity contribution in [1.82, 2.24) is 14.3 Å². The summed E-state index contributed by atoms with van der Waals surface area (Å²) >= 11 is 2.92. The molecule has 9 heteroatoms. The molecule has 2 aromatic heterocycles. The van der Waals surface area contributed by atoms with Crippen LogP contribution in [-0.4, -0.2) is 46.7 Å². The molecule has 1 fully saturated rings. The summed E-state index contributed by atoms with van der Waals surface area (Å²) in [6, 6.07) is 7.42. The predicted octanol–water partition coefficient (Wildman–Crippen LogP) is 3.37. The van der Waals surface area contributed by atoms with E-state index in [2.05, 4.69) is 4.98 Å². The summed E-state index contributed by atoms with van der Waals surface area (Å²) in [5.74, 6) is 2.34. The Hall–Kier alpha value is -2.52. The first kappa shape index (κ1) is 20.7. The van der Waals surface area contributed by atoms with Crippen LogP contribution in [0.15, 0.2) is 40.6 Å². The second kappa shape index (κ2) is 9.09. The van der Waals surface area contributed by atoms with E-state index in [0.29, 0.717) is 33.7 Å². The summed E-state index contributed by atoms with van der Waals surface area (Å²) in [4.78, 5) is 32.1. The zero-order valence-electron chi connectivity index (χ0n) is 16.9. The maximum atomic E-state index is 12.9. The molecule has 1 aliphatic heterocycles. The summed E-state index contributed by atoms with van der Waals surface area (Å²) in [5, 5.41) is 1.84. The minimum absolute atomic E-state index is 0.0446. The van der Waals surface area contributed by atoms with E-state index in [1.54, 1.807) is 26.5 Å². The van der Waals surface area contributed by atoms with Gasteiger partial charge in [0.2, 0.25) is 5.91 Å². The lowest BCUT2D eigenvalue weighted by molar-refractivity contribution is -0.129. The zero-order valence-corrected chi connectivity index (χ0v) is 18.5. The molecular formula is C21H23N3O4S2. The number of carbonyl (C=O) groups excluding carboxylic acids is 1. The standard InChI is InChI=1S/C21H23N3O4S2/c1-27-17-6-5-14(10-18(17)28-2)16-4-3-7-23(16)20(26)13-29-12-15-11-19(25)24-8-9-30-21(24)22-15/h5-6,8-11,16H,3-4,7,12-13H2,1-2H3. The summed E-state index contributed by atoms with van der Waals surface area (Å²) in [6.07, 6.45) is 3.62. The van der Waals surface area contributed by atoms with Crippen LogP contribution in [0.2, 0.25) is 0 Å². The number of amides is 1. The number of methoxy groups -OCH3 is 2. The first-order valence-corrected chi connectivity index (χ1v) is 11.7. The number of aromatic nitrogens is 2. The zero-order chi connectivity index (χ0) is 21.1. The molecule has 3 aromatic rings. The highest BCUT2D eigenvalue weighted by atomic mass is 32.2. The third-order valence-electron chi connectivity index (χ3n) is 5.20. The lowest BCUT2D eigenvalue weighted by Crippen LogP contribution is -2.32. The average Bonchev–Trinajstić information content (AvgIpc) is 3.43. The van der Waals surface area contributed by atoms with E-state index >= 15 is 0 Å². The normalized spacial score (nSPS) is 16.2. The van der Waals surface area contributed by atoms with Crippen LogP contribution in [0.4, 0.5) is 0 Å². The first-order chi connectivity index (χ1) is 14.6. The van der Waals surface area contributed by atoms with Crippen LogP contribution < -0.4 is 15.0 Å². The third-order valence-corrected chi connectivity index (χ3v) is 6.90. The first-order valence-electron chi connectivity index (χ1n) is 9.65. The fourth-order valence-electron chi connectivity index (χ4n) is 3.76. The Morgan fingerprint density at radius 2 is 2.10 bits per heavy atom. The number of rotatable bonds is 7. The number of ether oxygens (including phenoxy) is 2. The van der Waals surface area contributed by atoms with Crippen molar-refractivity contribution in [3.63, 3.8) is 0 Å². The van der Waals surface area contributed by atoms with Gasteiger partial charge in [-0.25, -0.2) is 4.98 Å². The van der Waals surface area contributed by atoms with Crippen LogP contribution in [0.1, 0.15) is 30.1 Å². The average molecular weight is 446 g/mol. The van der Waals surface area contributed by atoms with Gasteiger partial charge in [0, 0.05) is 29.9 Å². The Bertz CT molecular complexity index is 1110. The van der Waals surface area contributed by atoms with Gasteiger partial charge in [0.25, 0.3) is 5.56 Å². The number of carbonyl (C=O) groups is 1. The van der Waals surface area contributed by atoms with E-state index < -0.39 is 0 Å². The highest BCUT2D eigenvalue weighted by molar-refractivity contribution is 7.99. The quantitative estimate of drug-likeness (QED) is 0.555. The largest absolute Gasteiger partial charge is 0.493 e. The molecule has 0 radical (unpaired) electrons. The van der Waals surface area contributed by atoms with E-state index in [1.807, 2.05) is 28.5 Å². The van der Waals surface area contributed by atoms with Crippen molar-refractivity contribution in [3.05, 3.63) is 57.5 Å². The molecule has 3 heterocycles. The summed E-state index contributed by atoms with van der Waals surface area (Å²) < 4.78 is 12.3. The van der Waals surface area contributed by atoms with Gasteiger partial charge in [-0.15, -0.1) is 23.1 Å². The summed E-state index contributed by atoms with van der Waals surface area (Å²) in [7, 11) is 3.23. The molecule has 1 aromatic carbocycles. The van der Waals surface area contributed by atoms with E-state index in [1.165, 1.54) is 27.5 Å². The predicted molar refractivity (Wildman–Crippen MR) is 119 cm³/mol. The topological polar surface area (TPSA) is 73.1 Å². The molecule has 158 valence electrons. The molecule has 1 amide bonds. The molecule has 7 nitrogen and oxygen atoms in total. The molecule has 1 aliphatic rings. The molecule has 1 unspecified atom stereocenters. The van der Waals surface area contributed by atoms with Crippen molar-refractivity contribution in [1.29, 1.82) is 0 Å². The number of benzene rings is 1. The maximum Gasteiger partial charge on any atom is 0.258 e. The molecular weight excluding hydrogens is 422 g/mol. The molecule has 0 aliphatic carbocycles. The fourth-order valence-corrected chi connectivity index (χ4v) is 5.30. The van der Waals surface area contributed by atoms with Gasteiger partial charge in [0.15, 0.2) is 16.5 Å². The molecule has 4 rings (SSSR count). The maximum absolute atomic E-state index is 12.9. The van der Waals surface area contributed by atoms with E-state index in [9.17, 15) is 9.59 Å². The molecule has 0 bridgehead atoms. The van der Waals surface area contributed by atoms with Gasteiger partial charge in [-0.2, -0.15) is 0 Å². The van der Waals surface area contributed by atoms with Gasteiger partial charge in [-0.05, 0) is 30.5 Å². The van der Waals surface area contributed by atoms with Crippen LogP contribution >= 0.6 is 23.1 Å². The van der Waals surface area contributed by atoms with E-state index in [4.69, 9.17) is 9.47 Å². The van der Waals surface area contributed by atoms with Gasteiger partial charge in [-0.1, -0.05) is 6.07 Å². The number of thiazole rings is 1. The molecule has 0 spiro atoms. The minimum Gasteiger partial charge on any atom is -0.493 e. The van der Waals surface area contributed by atoms with Crippen LogP contribution in [0.3, 0.4) is 0 Å². The Balaban J connectivity index is 1.40. The lowest BCUT2D eigenvalue weighted by atomic mass is 10.0. The van der Waals surface area contributed by atoms with E-state index in [-0.39, 0.29) is 17.5 Å². The smallest absolute Gasteiger partial charge is 0.258 e. The van der Waals surface area contributed by atoms with Gasteiger partial charge < -0.3 is 14.4 Å². The molecule has 30 heavy (non-hydrogen) atoms. The molecule has 0 N–H and O–H groups in total. The van der Waals surface area contributed by atoms with Crippen molar-refractivity contribution in [2.75, 3.05) is 26.5 Å². The summed E-state index contributed by atoms with van der Waals surface area (Å²) in [6.45, 7) is 0.749. The van der Waals surface area contributed by atoms with Crippen LogP contribution in [0, 0.1) is 0 Å². The van der Waals surface area contributed by atoms with Crippen molar-refractivity contribution < 1.29 is 14.3 Å². The van der Waals surface area contributed by atoms with E-state index in [0.717, 1.165) is 24.9 Å². The molecule has 1 saturated heterocycles. The van der Waals surface area contributed by atoms with Crippen LogP contribution in [0.25, 0.3) is 4.96 Å². The lowest BCUT2D eigenvalue weighted by Gasteiger charge is -2.25. The highest BCUT2D eigenvalue weighted by Crippen LogP contribution is 2.37. The third kappa shape index (κ3) is 4.17. The molecule has 0 saturated carbocycles. The van der Waals surface area contributed by atoms with Gasteiger partial charge in [-0.3, -0.25) is 14.0 Å². The van der Waals surface area contributed by atoms with Crippen molar-refractivity contribution in [2.24, 2.45) is 0 Å². The van der Waals surface area contributed by atoms with Gasteiger partial charge in [0.05, 0.1) is 31.7 Å². The minimum atomic E-state index is -0.0868. The Morgan fingerprint density at radius 1 is 1.27 bits per heavy atom. The monoisotopic (exact) mass is 445 g/mol. The molecule has 1 atom stereocenters. The fraction of sp³-hybridized carbons (Fsp3) is 0.381.